The second kappa shape index (κ2) is 51.7. The molecule has 0 heterocycles. The number of hydrogen-bond donors (Lipinski definition) is 0. The van der Waals surface area contributed by atoms with E-state index < -0.39 is 0 Å². The first kappa shape index (κ1) is 21.9. The molecular weight excluding hydrogens is 61.8 g/mol. The fourth-order valence-corrected chi connectivity index (χ4v) is 0. The summed E-state index contributed by atoms with van der Waals surface area (Å²) >= 11 is 0. The van der Waals surface area contributed by atoms with Crippen LogP contribution in [0, 0.1) is 0 Å². The Morgan fingerprint density at radius 3 is 1.25 bits per heavy atom. The Bertz CT molecular complexity index is 8.00. The van der Waals surface area contributed by atoms with Crippen LogP contribution in [-0.4, -0.2) is 15.2 Å². The van der Waals surface area contributed by atoms with Crippen LogP contribution in [0.25, 0.3) is 0 Å². The van der Waals surface area contributed by atoms with Gasteiger partial charge in [-0.15, -0.1) is 0 Å². The summed E-state index contributed by atoms with van der Waals surface area (Å²) in [6, 6.07) is 0. The molecule has 0 aromatic heterocycles. The first-order chi connectivity index (χ1) is 1.00. The first-order valence-corrected chi connectivity index (χ1v) is 0.289. The molecule has 1 nitrogen and oxygen atoms in total. The van der Waals surface area contributed by atoms with E-state index in [1.807, 2.05) is 6.79 Å². The largest absolute Gasteiger partial charge is 1.00 e. The van der Waals surface area contributed by atoms with E-state index in [1.54, 1.807) is 0 Å². The molecule has 0 aromatic rings. The van der Waals surface area contributed by atoms with E-state index in [9.17, 15) is 0 Å². The van der Waals surface area contributed by atoms with Crippen molar-refractivity contribution < 1.29 is 34.4 Å². The van der Waals surface area contributed by atoms with E-state index in [2.05, 4.69) is 0 Å². The zero-order valence-corrected chi connectivity index (χ0v) is 4.12. The molecule has 0 N–H and O–H groups in total. The van der Waals surface area contributed by atoms with E-state index in [1.165, 1.54) is 0 Å². The molecule has 0 rings (SSSR count). The minimum absolute atomic E-state index is 0. The zero-order chi connectivity index (χ0) is 2.00. The van der Waals surface area contributed by atoms with E-state index in [0.29, 0.717) is 0 Å². The second-order valence-corrected chi connectivity index (χ2v) is 0. The zero-order valence-electron chi connectivity index (χ0n) is 2.12. The van der Waals surface area contributed by atoms with Crippen LogP contribution in [0.1, 0.15) is 0 Å². The van der Waals surface area contributed by atoms with Crippen molar-refractivity contribution >= 4 is 15.2 Å². The van der Waals surface area contributed by atoms with Crippen molar-refractivity contribution in [3.63, 3.8) is 0 Å². The van der Waals surface area contributed by atoms with Crippen LogP contribution < -0.4 is 29.6 Å². The fourth-order valence-electron chi connectivity index (χ4n) is 0. The van der Waals surface area contributed by atoms with Gasteiger partial charge in [-0.1, -0.05) is 8.41 Å². The van der Waals surface area contributed by atoms with Gasteiger partial charge in [0.2, 0.25) is 0 Å². The van der Waals surface area contributed by atoms with Gasteiger partial charge in [-0.3, -0.25) is 0 Å². The molecule has 0 aromatic carbocycles. The van der Waals surface area contributed by atoms with Gasteiger partial charge in [-0.05, 0) is 0 Å². The second-order valence-electron chi connectivity index (χ2n) is 0. The average molecular weight is 67.9 g/mol. The maximum atomic E-state index is 8.00. The average Bonchev–Trinajstić information content (AvgIpc) is 1.00. The van der Waals surface area contributed by atoms with Crippen LogP contribution in [-0.2, 0) is 4.79 Å². The van der Waals surface area contributed by atoms with Crippen molar-refractivity contribution in [1.29, 1.82) is 0 Å². The first-order valence-electron chi connectivity index (χ1n) is 0.289. The maximum absolute atomic E-state index is 8.00. The van der Waals surface area contributed by atoms with Gasteiger partial charge in [0.05, 0.1) is 0 Å². The summed E-state index contributed by atoms with van der Waals surface area (Å²) in [6.45, 7) is 2.00. The number of rotatable bonds is 0. The third-order valence-electron chi connectivity index (χ3n) is 0. The summed E-state index contributed by atoms with van der Waals surface area (Å²) in [5.74, 6) is 0. The predicted molar refractivity (Wildman–Crippen MR) is 18.5 cm³/mol. The van der Waals surface area contributed by atoms with Crippen molar-refractivity contribution in [3.8, 4) is 0 Å². The van der Waals surface area contributed by atoms with Crippen LogP contribution in [0.5, 0.6) is 0 Å². The summed E-state index contributed by atoms with van der Waals surface area (Å²) < 4.78 is 0. The molecule has 0 fully saturated rings. The topological polar surface area (TPSA) is 17.1 Å². The monoisotopic (exact) mass is 68.0 g/mol. The summed E-state index contributed by atoms with van der Waals surface area (Å²) in [5, 5.41) is 0. The van der Waals surface area contributed by atoms with Crippen LogP contribution >= 0.6 is 0 Å². The molecule has 0 spiro atoms. The van der Waals surface area contributed by atoms with E-state index >= 15 is 0 Å². The molecule has 0 bridgehead atoms. The molecule has 0 radical (unpaired) electrons. The normalized spacial score (nSPS) is 1.00. The quantitative estimate of drug-likeness (QED) is 0.261. The van der Waals surface area contributed by atoms with Crippen LogP contribution in [0.3, 0.4) is 0 Å². The minimum atomic E-state index is 0. The van der Waals surface area contributed by atoms with E-state index in [4.69, 9.17) is 4.79 Å². The molecule has 0 aliphatic rings. The third-order valence-corrected chi connectivity index (χ3v) is 0. The van der Waals surface area contributed by atoms with Crippen molar-refractivity contribution in [3.05, 3.63) is 0 Å². The SMILES string of the molecule is C=O.[BH4-].[Na+]. The third kappa shape index (κ3) is 15.2. The standard InChI is InChI=1S/CH2O.BH4.Na/c1-2;;/h1H2;1H4;/q;-1;+1. The molecule has 0 unspecified atom stereocenters. The van der Waals surface area contributed by atoms with Gasteiger partial charge in [0.25, 0.3) is 0 Å². The van der Waals surface area contributed by atoms with Crippen molar-refractivity contribution in [2.45, 2.75) is 0 Å². The summed E-state index contributed by atoms with van der Waals surface area (Å²) in [7, 11) is 0. The molecular formula is CH6BNaO. The Labute approximate surface area is 49.6 Å². The van der Waals surface area contributed by atoms with Gasteiger partial charge in [0.15, 0.2) is 0 Å². The van der Waals surface area contributed by atoms with Crippen molar-refractivity contribution in [2.24, 2.45) is 0 Å². The van der Waals surface area contributed by atoms with Gasteiger partial charge < -0.3 is 4.79 Å². The Balaban J connectivity index is -0.00000000500. The molecule has 0 saturated heterocycles. The van der Waals surface area contributed by atoms with Gasteiger partial charge in [-0.25, -0.2) is 0 Å². The Morgan fingerprint density at radius 1 is 1.25 bits per heavy atom. The van der Waals surface area contributed by atoms with Crippen molar-refractivity contribution in [2.75, 3.05) is 0 Å². The summed E-state index contributed by atoms with van der Waals surface area (Å²) in [4.78, 5) is 8.00. The van der Waals surface area contributed by atoms with Crippen LogP contribution in [0.4, 0.5) is 0 Å². The Morgan fingerprint density at radius 2 is 1.25 bits per heavy atom. The molecule has 0 aliphatic carbocycles. The predicted octanol–water partition coefficient (Wildman–Crippen LogP) is -4.63. The molecule has 0 saturated carbocycles. The van der Waals surface area contributed by atoms with E-state index in [0.717, 1.165) is 0 Å². The molecule has 3 heteroatoms. The summed E-state index contributed by atoms with van der Waals surface area (Å²) in [6.07, 6.45) is 0. The Kier molecular flexibility index (Phi) is 284. The Hall–Kier alpha value is 0.735. The molecule has 0 aliphatic heterocycles. The van der Waals surface area contributed by atoms with Crippen LogP contribution in [0.2, 0.25) is 0 Å². The molecule has 20 valence electrons. The smallest absolute Gasteiger partial charge is 0.307 e. The van der Waals surface area contributed by atoms with Gasteiger partial charge in [0, 0.05) is 0 Å². The molecule has 0 atom stereocenters. The van der Waals surface area contributed by atoms with Gasteiger partial charge >= 0.3 is 29.6 Å². The minimum Gasteiger partial charge on any atom is -0.307 e. The fraction of sp³-hybridized carbons (Fsp3) is 0. The number of hydrogen-bond acceptors (Lipinski definition) is 1. The van der Waals surface area contributed by atoms with Crippen LogP contribution in [0.15, 0.2) is 0 Å². The number of carbonyl (C=O) groups excluding carboxylic acids is 1. The molecule has 4 heavy (non-hydrogen) atoms. The maximum Gasteiger partial charge on any atom is 1.00 e. The molecule has 0 amide bonds. The summed E-state index contributed by atoms with van der Waals surface area (Å²) in [5.41, 5.74) is 0. The van der Waals surface area contributed by atoms with Gasteiger partial charge in [-0.2, -0.15) is 0 Å². The number of carbonyl (C=O) groups is 1. The van der Waals surface area contributed by atoms with E-state index in [-0.39, 0.29) is 38.0 Å². The van der Waals surface area contributed by atoms with Crippen molar-refractivity contribution in [1.82, 2.24) is 0 Å². The van der Waals surface area contributed by atoms with Gasteiger partial charge in [0.1, 0.15) is 6.79 Å².